The van der Waals surface area contributed by atoms with Crippen LogP contribution in [0.2, 0.25) is 0 Å². The second kappa shape index (κ2) is 27.8. The molecule has 0 aliphatic heterocycles. The molecule has 0 fully saturated rings. The van der Waals surface area contributed by atoms with Gasteiger partial charge >= 0.3 is 0 Å². The maximum atomic E-state index is 5.36. The smallest absolute Gasteiger partial charge is 0.235 e. The van der Waals surface area contributed by atoms with Crippen molar-refractivity contribution >= 4 is 141 Å². The maximum Gasteiger partial charge on any atom is 0.235 e. The Labute approximate surface area is 689 Å². The van der Waals surface area contributed by atoms with E-state index in [4.69, 9.17) is 19.9 Å². The average Bonchev–Trinajstić information content (AvgIpc) is 1.58. The van der Waals surface area contributed by atoms with E-state index in [1.54, 1.807) is 0 Å². The van der Waals surface area contributed by atoms with E-state index in [0.29, 0.717) is 11.9 Å². The molecule has 6 aromatic heterocycles. The molecule has 558 valence electrons. The highest BCUT2D eigenvalue weighted by Gasteiger charge is 2.25. The standard InChI is InChI=1S/C58H36N4.C54H34N4/c1-3-13-37(14-4-1)38-23-29-44(30-24-38)61-51-31-27-42(35-48(51)55-45-19-9-7-15-39(45)25-33-53(55)61)43-28-32-52-49(36-43)56-46-20-10-8-16-40(46)26-34-54(56)62(52)58-59-50-22-12-11-21-47(50)57(60-58)41-17-5-2-6-18-41;1-3-13-35(14-4-1)36-23-28-41(29-24-36)57-50-31-27-40(34-46(50)52-42-18-8-7-15-37(42)25-32-51(52)57)39-26-30-49-45(33-39)43-19-10-12-22-48(43)58(49)54-55-47-21-11-9-20-44(47)53(56-54)38-16-5-2-6-17-38/h1-36H;1-34H. The van der Waals surface area contributed by atoms with Crippen molar-refractivity contribution in [1.29, 1.82) is 0 Å². The summed E-state index contributed by atoms with van der Waals surface area (Å²) in [5.74, 6) is 1.32. The molecule has 0 saturated heterocycles. The minimum absolute atomic E-state index is 0.656. The predicted molar refractivity (Wildman–Crippen MR) is 502 cm³/mol. The topological polar surface area (TPSA) is 71.3 Å². The van der Waals surface area contributed by atoms with Crippen molar-refractivity contribution in [3.05, 3.63) is 425 Å². The summed E-state index contributed by atoms with van der Waals surface area (Å²) < 4.78 is 9.32. The zero-order chi connectivity index (χ0) is 78.9. The van der Waals surface area contributed by atoms with E-state index in [2.05, 4.69) is 425 Å². The lowest BCUT2D eigenvalue weighted by molar-refractivity contribution is 1.01. The van der Waals surface area contributed by atoms with Crippen molar-refractivity contribution in [2.24, 2.45) is 0 Å². The molecule has 0 aliphatic carbocycles. The summed E-state index contributed by atoms with van der Waals surface area (Å²) in [7, 11) is 0. The first-order valence-corrected chi connectivity index (χ1v) is 40.9. The van der Waals surface area contributed by atoms with Crippen LogP contribution < -0.4 is 0 Å². The number of hydrogen-bond acceptors (Lipinski definition) is 4. The summed E-state index contributed by atoms with van der Waals surface area (Å²) in [6.45, 7) is 0. The first-order chi connectivity index (χ1) is 59.5. The van der Waals surface area contributed by atoms with Crippen molar-refractivity contribution in [1.82, 2.24) is 38.2 Å². The number of para-hydroxylation sites is 3. The highest BCUT2D eigenvalue weighted by Crippen LogP contribution is 2.46. The van der Waals surface area contributed by atoms with Crippen LogP contribution >= 0.6 is 0 Å². The SMILES string of the molecule is c1ccc(-c2ccc(-n3c4ccc(-c5ccc6c(c5)c5c7ccccc7ccc5n6-c5nc(-c6ccccc6)c6ccccc6n5)cc4c4c5ccccc5ccc43)cc2)cc1.c1ccc(-c2ccc(-n3c4ccc(-c5ccc6c(c5)c5ccccc5n6-c5nc(-c6ccccc6)c6ccccc6n5)cc4c4c5ccccc5ccc43)cc2)cc1. The minimum Gasteiger partial charge on any atom is -0.309 e. The van der Waals surface area contributed by atoms with Gasteiger partial charge in [-0.2, -0.15) is 0 Å². The fourth-order valence-corrected chi connectivity index (χ4v) is 18.9. The van der Waals surface area contributed by atoms with Gasteiger partial charge in [-0.1, -0.05) is 315 Å². The number of benzene rings is 19. The molecule has 0 N–H and O–H groups in total. The molecule has 25 aromatic rings. The Morgan fingerprint density at radius 3 is 0.817 bits per heavy atom. The molecule has 0 saturated carbocycles. The Morgan fingerprint density at radius 1 is 0.150 bits per heavy atom. The monoisotopic (exact) mass is 1530 g/mol. The zero-order valence-electron chi connectivity index (χ0n) is 65.0. The molecule has 120 heavy (non-hydrogen) atoms. The van der Waals surface area contributed by atoms with Crippen LogP contribution in [0, 0.1) is 0 Å². The summed E-state index contributed by atoms with van der Waals surface area (Å²) in [5.41, 5.74) is 26.6. The molecule has 6 heterocycles. The van der Waals surface area contributed by atoms with Gasteiger partial charge in [0.2, 0.25) is 11.9 Å². The average molecular weight is 1530 g/mol. The van der Waals surface area contributed by atoms with Crippen molar-refractivity contribution in [3.8, 4) is 90.3 Å². The molecular weight excluding hydrogens is 1460 g/mol. The van der Waals surface area contributed by atoms with Gasteiger partial charge < -0.3 is 9.13 Å². The van der Waals surface area contributed by atoms with E-state index in [1.807, 2.05) is 18.2 Å². The van der Waals surface area contributed by atoms with E-state index in [1.165, 1.54) is 125 Å². The summed E-state index contributed by atoms with van der Waals surface area (Å²) in [6, 6.07) is 153. The number of fused-ring (bicyclic) bond motifs is 20. The Bertz CT molecular complexity index is 8430. The van der Waals surface area contributed by atoms with Crippen LogP contribution in [0.15, 0.2) is 425 Å². The molecule has 0 amide bonds. The van der Waals surface area contributed by atoms with Gasteiger partial charge in [0.05, 0.1) is 66.6 Å². The first kappa shape index (κ1) is 68.3. The summed E-state index contributed by atoms with van der Waals surface area (Å²) in [5, 5.41) is 19.1. The van der Waals surface area contributed by atoms with E-state index >= 15 is 0 Å². The third-order valence-electron chi connectivity index (χ3n) is 24.4. The van der Waals surface area contributed by atoms with Gasteiger partial charge in [0.25, 0.3) is 0 Å². The van der Waals surface area contributed by atoms with Crippen LogP contribution in [0.1, 0.15) is 0 Å². The lowest BCUT2D eigenvalue weighted by Crippen LogP contribution is -2.03. The minimum atomic E-state index is 0.656. The van der Waals surface area contributed by atoms with Gasteiger partial charge in [0.15, 0.2) is 0 Å². The van der Waals surface area contributed by atoms with Crippen molar-refractivity contribution < 1.29 is 0 Å². The molecule has 0 radical (unpaired) electrons. The van der Waals surface area contributed by atoms with E-state index in [-0.39, 0.29) is 0 Å². The van der Waals surface area contributed by atoms with E-state index in [9.17, 15) is 0 Å². The molecule has 8 heteroatoms. The second-order valence-electron chi connectivity index (χ2n) is 31.2. The maximum absolute atomic E-state index is 5.36. The van der Waals surface area contributed by atoms with Gasteiger partial charge in [-0.05, 0) is 186 Å². The van der Waals surface area contributed by atoms with Gasteiger partial charge in [-0.25, -0.2) is 19.9 Å². The Balaban J connectivity index is 0.000000137. The molecule has 0 spiro atoms. The van der Waals surface area contributed by atoms with Crippen molar-refractivity contribution in [2.75, 3.05) is 0 Å². The van der Waals surface area contributed by atoms with Crippen LogP contribution in [0.3, 0.4) is 0 Å². The van der Waals surface area contributed by atoms with Crippen LogP contribution in [0.5, 0.6) is 0 Å². The molecule has 25 rings (SSSR count). The summed E-state index contributed by atoms with van der Waals surface area (Å²) in [6.07, 6.45) is 0. The number of nitrogens with zero attached hydrogens (tertiary/aromatic N) is 8. The van der Waals surface area contributed by atoms with Crippen LogP contribution in [-0.2, 0) is 0 Å². The molecular formula is C112H70N8. The van der Waals surface area contributed by atoms with Crippen molar-refractivity contribution in [3.63, 3.8) is 0 Å². The van der Waals surface area contributed by atoms with Crippen molar-refractivity contribution in [2.45, 2.75) is 0 Å². The van der Waals surface area contributed by atoms with Gasteiger partial charge in [0.1, 0.15) is 0 Å². The number of aromatic nitrogens is 8. The lowest BCUT2D eigenvalue weighted by atomic mass is 9.98. The predicted octanol–water partition coefficient (Wildman–Crippen LogP) is 29.1. The molecule has 8 nitrogen and oxygen atoms in total. The Kier molecular flexibility index (Phi) is 15.8. The van der Waals surface area contributed by atoms with E-state index < -0.39 is 0 Å². The quantitative estimate of drug-likeness (QED) is 0.137. The molecule has 0 aliphatic rings. The number of rotatable bonds is 10. The molecule has 19 aromatic carbocycles. The fraction of sp³-hybridized carbons (Fsp3) is 0. The third kappa shape index (κ3) is 11.1. The van der Waals surface area contributed by atoms with Gasteiger partial charge in [0, 0.05) is 76.4 Å². The van der Waals surface area contributed by atoms with E-state index in [0.717, 1.165) is 94.3 Å². The van der Waals surface area contributed by atoms with Crippen LogP contribution in [0.25, 0.3) is 232 Å². The zero-order valence-corrected chi connectivity index (χ0v) is 65.0. The summed E-state index contributed by atoms with van der Waals surface area (Å²) in [4.78, 5) is 21.1. The largest absolute Gasteiger partial charge is 0.309 e. The first-order valence-electron chi connectivity index (χ1n) is 40.9. The Morgan fingerprint density at radius 2 is 0.417 bits per heavy atom. The second-order valence-corrected chi connectivity index (χ2v) is 31.2. The molecule has 0 atom stereocenters. The number of hydrogen-bond donors (Lipinski definition) is 0. The van der Waals surface area contributed by atoms with Gasteiger partial charge in [-0.15, -0.1) is 0 Å². The Hall–Kier alpha value is -16.2. The molecule has 0 bridgehead atoms. The molecule has 0 unspecified atom stereocenters. The summed E-state index contributed by atoms with van der Waals surface area (Å²) >= 11 is 0. The highest BCUT2D eigenvalue weighted by molar-refractivity contribution is 6.25. The third-order valence-corrected chi connectivity index (χ3v) is 24.4. The van der Waals surface area contributed by atoms with Crippen LogP contribution in [-0.4, -0.2) is 38.2 Å². The van der Waals surface area contributed by atoms with Gasteiger partial charge in [-0.3, -0.25) is 9.13 Å². The fourth-order valence-electron chi connectivity index (χ4n) is 18.9. The highest BCUT2D eigenvalue weighted by atomic mass is 15.2. The normalized spacial score (nSPS) is 11.8. The lowest BCUT2D eigenvalue weighted by Gasteiger charge is -2.12. The van der Waals surface area contributed by atoms with Crippen LogP contribution in [0.4, 0.5) is 0 Å².